The first-order chi connectivity index (χ1) is 10.2. The minimum Gasteiger partial charge on any atom is -0.497 e. The Morgan fingerprint density at radius 3 is 2.29 bits per heavy atom. The van der Waals surface area contributed by atoms with Crippen LogP contribution >= 0.6 is 0 Å². The number of hydrazine groups is 1. The van der Waals surface area contributed by atoms with Crippen molar-refractivity contribution >= 4 is 11.6 Å². The summed E-state index contributed by atoms with van der Waals surface area (Å²) in [6.45, 7) is 2.14. The second-order valence-electron chi connectivity index (χ2n) is 4.75. The van der Waals surface area contributed by atoms with E-state index < -0.39 is 0 Å². The third kappa shape index (κ3) is 4.24. The number of ether oxygens (including phenoxy) is 1. The topological polar surface area (TPSA) is 50.4 Å². The molecule has 0 aliphatic heterocycles. The van der Waals surface area contributed by atoms with E-state index in [9.17, 15) is 4.79 Å². The highest BCUT2D eigenvalue weighted by Gasteiger charge is 2.04. The molecular weight excluding hydrogens is 264 g/mol. The standard InChI is InChI=1S/C17H20N2O2/c1-3-4-13-5-7-14(8-6-13)17(20)19-18-15-9-11-16(21-2)12-10-15/h5-12,18H,3-4H2,1-2H3,(H,19,20). The number of hydrogen-bond acceptors (Lipinski definition) is 3. The van der Waals surface area contributed by atoms with Crippen molar-refractivity contribution in [3.8, 4) is 5.75 Å². The van der Waals surface area contributed by atoms with Gasteiger partial charge in [0.25, 0.3) is 5.91 Å². The number of nitrogens with one attached hydrogen (secondary N) is 2. The zero-order chi connectivity index (χ0) is 15.1. The van der Waals surface area contributed by atoms with E-state index in [1.54, 1.807) is 7.11 Å². The first-order valence-electron chi connectivity index (χ1n) is 7.02. The molecule has 0 saturated heterocycles. The smallest absolute Gasteiger partial charge is 0.269 e. The van der Waals surface area contributed by atoms with Gasteiger partial charge < -0.3 is 4.74 Å². The van der Waals surface area contributed by atoms with Gasteiger partial charge in [0.2, 0.25) is 0 Å². The first-order valence-corrected chi connectivity index (χ1v) is 7.02. The van der Waals surface area contributed by atoms with Crippen LogP contribution in [0.25, 0.3) is 0 Å². The molecule has 2 N–H and O–H groups in total. The average Bonchev–Trinajstić information content (AvgIpc) is 2.54. The molecule has 110 valence electrons. The van der Waals surface area contributed by atoms with Gasteiger partial charge in [0.1, 0.15) is 5.75 Å². The Labute approximate surface area is 125 Å². The van der Waals surface area contributed by atoms with Gasteiger partial charge in [0, 0.05) is 5.56 Å². The lowest BCUT2D eigenvalue weighted by molar-refractivity contribution is 0.0962. The lowest BCUT2D eigenvalue weighted by atomic mass is 10.1. The van der Waals surface area contributed by atoms with Gasteiger partial charge >= 0.3 is 0 Å². The maximum absolute atomic E-state index is 12.0. The van der Waals surface area contributed by atoms with Gasteiger partial charge in [-0.3, -0.25) is 15.6 Å². The van der Waals surface area contributed by atoms with Crippen LogP contribution in [0.4, 0.5) is 5.69 Å². The van der Waals surface area contributed by atoms with Crippen molar-refractivity contribution in [1.82, 2.24) is 5.43 Å². The van der Waals surface area contributed by atoms with E-state index in [1.165, 1.54) is 5.56 Å². The molecule has 0 heterocycles. The molecule has 2 rings (SSSR count). The molecule has 0 radical (unpaired) electrons. The Kier molecular flexibility index (Phi) is 5.21. The van der Waals surface area contributed by atoms with Gasteiger partial charge in [-0.2, -0.15) is 0 Å². The molecule has 0 fully saturated rings. The lowest BCUT2D eigenvalue weighted by Gasteiger charge is -2.09. The van der Waals surface area contributed by atoms with Gasteiger partial charge in [0.15, 0.2) is 0 Å². The molecule has 0 bridgehead atoms. The van der Waals surface area contributed by atoms with Crippen molar-refractivity contribution in [2.24, 2.45) is 0 Å². The quantitative estimate of drug-likeness (QED) is 0.799. The highest BCUT2D eigenvalue weighted by atomic mass is 16.5. The molecule has 2 aromatic rings. The monoisotopic (exact) mass is 284 g/mol. The van der Waals surface area contributed by atoms with Crippen molar-refractivity contribution in [3.05, 3.63) is 59.7 Å². The molecule has 0 aromatic heterocycles. The summed E-state index contributed by atoms with van der Waals surface area (Å²) in [5, 5.41) is 0. The summed E-state index contributed by atoms with van der Waals surface area (Å²) in [6.07, 6.45) is 2.14. The predicted molar refractivity (Wildman–Crippen MR) is 84.5 cm³/mol. The highest BCUT2D eigenvalue weighted by molar-refractivity contribution is 5.94. The van der Waals surface area contributed by atoms with Crippen LogP contribution in [0.1, 0.15) is 29.3 Å². The number of anilines is 1. The van der Waals surface area contributed by atoms with Gasteiger partial charge in [-0.15, -0.1) is 0 Å². The van der Waals surface area contributed by atoms with Crippen molar-refractivity contribution in [2.45, 2.75) is 19.8 Å². The van der Waals surface area contributed by atoms with Gasteiger partial charge in [-0.25, -0.2) is 0 Å². The SMILES string of the molecule is CCCc1ccc(C(=O)NNc2ccc(OC)cc2)cc1. The molecule has 4 nitrogen and oxygen atoms in total. The Hall–Kier alpha value is -2.49. The molecule has 4 heteroatoms. The highest BCUT2D eigenvalue weighted by Crippen LogP contribution is 2.14. The molecule has 0 unspecified atom stereocenters. The van der Waals surface area contributed by atoms with E-state index in [4.69, 9.17) is 4.74 Å². The Bertz CT molecular complexity index is 577. The van der Waals surface area contributed by atoms with Crippen molar-refractivity contribution in [3.63, 3.8) is 0 Å². The van der Waals surface area contributed by atoms with Crippen LogP contribution in [0.2, 0.25) is 0 Å². The molecule has 1 amide bonds. The summed E-state index contributed by atoms with van der Waals surface area (Å²) < 4.78 is 5.08. The van der Waals surface area contributed by atoms with Crippen LogP contribution in [0.3, 0.4) is 0 Å². The average molecular weight is 284 g/mol. The summed E-state index contributed by atoms with van der Waals surface area (Å²) in [4.78, 5) is 12.0. The number of hydrogen-bond donors (Lipinski definition) is 2. The number of methoxy groups -OCH3 is 1. The number of aryl methyl sites for hydroxylation is 1. The maximum Gasteiger partial charge on any atom is 0.269 e. The third-order valence-electron chi connectivity index (χ3n) is 3.17. The van der Waals surface area contributed by atoms with E-state index in [0.29, 0.717) is 5.56 Å². The molecular formula is C17H20N2O2. The number of rotatable bonds is 6. The molecule has 21 heavy (non-hydrogen) atoms. The van der Waals surface area contributed by atoms with Crippen molar-refractivity contribution in [2.75, 3.05) is 12.5 Å². The van der Waals surface area contributed by atoms with E-state index in [1.807, 2.05) is 48.5 Å². The van der Waals surface area contributed by atoms with E-state index in [2.05, 4.69) is 17.8 Å². The van der Waals surface area contributed by atoms with Gasteiger partial charge in [0.05, 0.1) is 12.8 Å². The summed E-state index contributed by atoms with van der Waals surface area (Å²) >= 11 is 0. The van der Waals surface area contributed by atoms with Crippen molar-refractivity contribution < 1.29 is 9.53 Å². The van der Waals surface area contributed by atoms with Crippen LogP contribution in [0.5, 0.6) is 5.75 Å². The number of benzene rings is 2. The van der Waals surface area contributed by atoms with E-state index >= 15 is 0 Å². The number of carbonyl (C=O) groups excluding carboxylic acids is 1. The zero-order valence-electron chi connectivity index (χ0n) is 12.3. The fourth-order valence-electron chi connectivity index (χ4n) is 1.99. The minimum absolute atomic E-state index is 0.158. The lowest BCUT2D eigenvalue weighted by Crippen LogP contribution is -2.29. The third-order valence-corrected chi connectivity index (χ3v) is 3.17. The molecule has 0 saturated carbocycles. The van der Waals surface area contributed by atoms with Crippen LogP contribution in [0.15, 0.2) is 48.5 Å². The second-order valence-corrected chi connectivity index (χ2v) is 4.75. The molecule has 0 aliphatic rings. The minimum atomic E-state index is -0.158. The predicted octanol–water partition coefficient (Wildman–Crippen LogP) is 3.40. The van der Waals surface area contributed by atoms with Crippen LogP contribution < -0.4 is 15.6 Å². The molecule has 2 aromatic carbocycles. The number of carbonyl (C=O) groups is 1. The van der Waals surface area contributed by atoms with Crippen molar-refractivity contribution in [1.29, 1.82) is 0 Å². The van der Waals surface area contributed by atoms with Crippen LogP contribution in [-0.2, 0) is 6.42 Å². The van der Waals surface area contributed by atoms with Crippen LogP contribution in [-0.4, -0.2) is 13.0 Å². The molecule has 0 spiro atoms. The van der Waals surface area contributed by atoms with Crippen LogP contribution in [0, 0.1) is 0 Å². The molecule has 0 atom stereocenters. The van der Waals surface area contributed by atoms with E-state index in [-0.39, 0.29) is 5.91 Å². The fourth-order valence-corrected chi connectivity index (χ4v) is 1.99. The van der Waals surface area contributed by atoms with Gasteiger partial charge in [-0.1, -0.05) is 25.5 Å². The summed E-state index contributed by atoms with van der Waals surface area (Å²) in [7, 11) is 1.62. The first kappa shape index (κ1) is 14.9. The fraction of sp³-hybridized carbons (Fsp3) is 0.235. The summed E-state index contributed by atoms with van der Waals surface area (Å²) in [6, 6.07) is 15.0. The Balaban J connectivity index is 1.91. The second kappa shape index (κ2) is 7.33. The largest absolute Gasteiger partial charge is 0.497 e. The number of amides is 1. The van der Waals surface area contributed by atoms with E-state index in [0.717, 1.165) is 24.3 Å². The summed E-state index contributed by atoms with van der Waals surface area (Å²) in [5.74, 6) is 0.618. The normalized spacial score (nSPS) is 10.0. The Morgan fingerprint density at radius 2 is 1.71 bits per heavy atom. The maximum atomic E-state index is 12.0. The zero-order valence-corrected chi connectivity index (χ0v) is 12.3. The molecule has 0 aliphatic carbocycles. The van der Waals surface area contributed by atoms with Gasteiger partial charge in [-0.05, 0) is 48.4 Å². The Morgan fingerprint density at radius 1 is 1.05 bits per heavy atom. The summed E-state index contributed by atoms with van der Waals surface area (Å²) in [5.41, 5.74) is 8.23.